The van der Waals surface area contributed by atoms with Crippen LogP contribution in [-0.4, -0.2) is 16.9 Å². The van der Waals surface area contributed by atoms with Crippen molar-refractivity contribution in [2.24, 2.45) is 5.73 Å². The Morgan fingerprint density at radius 2 is 2.25 bits per heavy atom. The van der Waals surface area contributed by atoms with E-state index in [1.807, 2.05) is 0 Å². The van der Waals surface area contributed by atoms with Crippen LogP contribution in [0.2, 0.25) is 5.02 Å². The van der Waals surface area contributed by atoms with Crippen LogP contribution in [0.1, 0.15) is 6.92 Å². The quantitative estimate of drug-likeness (QED) is 0.621. The number of non-ortho nitro benzene ring substituents is 1. The van der Waals surface area contributed by atoms with Gasteiger partial charge < -0.3 is 11.1 Å². The van der Waals surface area contributed by atoms with Crippen molar-refractivity contribution in [1.82, 2.24) is 0 Å². The molecule has 0 fully saturated rings. The Bertz CT molecular complexity index is 434. The molecule has 0 aliphatic rings. The predicted octanol–water partition coefficient (Wildman–Crippen LogP) is 1.53. The van der Waals surface area contributed by atoms with Gasteiger partial charge in [-0.25, -0.2) is 0 Å². The van der Waals surface area contributed by atoms with Crippen molar-refractivity contribution < 1.29 is 9.72 Å². The Morgan fingerprint density at radius 1 is 1.62 bits per heavy atom. The van der Waals surface area contributed by atoms with Crippen molar-refractivity contribution in [2.75, 3.05) is 5.32 Å². The zero-order chi connectivity index (χ0) is 12.3. The first-order valence-electron chi connectivity index (χ1n) is 4.42. The van der Waals surface area contributed by atoms with Gasteiger partial charge in [0.05, 0.1) is 21.7 Å². The summed E-state index contributed by atoms with van der Waals surface area (Å²) in [6.07, 6.45) is 0. The maximum absolute atomic E-state index is 11.3. The molecule has 86 valence electrons. The van der Waals surface area contributed by atoms with Gasteiger partial charge in [-0.3, -0.25) is 14.9 Å². The van der Waals surface area contributed by atoms with E-state index in [0.29, 0.717) is 5.69 Å². The molecule has 0 spiro atoms. The molecule has 7 heteroatoms. The number of nitrogens with two attached hydrogens (primary N) is 1. The van der Waals surface area contributed by atoms with Crippen LogP contribution in [0.5, 0.6) is 0 Å². The van der Waals surface area contributed by atoms with E-state index in [9.17, 15) is 14.9 Å². The minimum Gasteiger partial charge on any atom is -0.323 e. The average molecular weight is 244 g/mol. The maximum Gasteiger partial charge on any atom is 0.271 e. The number of nitrogens with zero attached hydrogens (tertiary/aromatic N) is 1. The number of hydrogen-bond donors (Lipinski definition) is 2. The summed E-state index contributed by atoms with van der Waals surface area (Å²) in [7, 11) is 0. The standard InChI is InChI=1S/C9H10ClN3O3/c1-5(11)9(14)12-8-3-2-6(13(15)16)4-7(8)10/h2-5H,11H2,1H3,(H,12,14)/t5-/m1/s1. The number of nitrogens with one attached hydrogen (secondary N) is 1. The normalized spacial score (nSPS) is 11.9. The second-order valence-corrected chi connectivity index (χ2v) is 3.61. The highest BCUT2D eigenvalue weighted by atomic mass is 35.5. The van der Waals surface area contributed by atoms with Crippen molar-refractivity contribution >= 4 is 28.9 Å². The van der Waals surface area contributed by atoms with E-state index in [-0.39, 0.29) is 10.7 Å². The maximum atomic E-state index is 11.3. The van der Waals surface area contributed by atoms with Crippen molar-refractivity contribution in [3.63, 3.8) is 0 Å². The van der Waals surface area contributed by atoms with Crippen LogP contribution in [0, 0.1) is 10.1 Å². The van der Waals surface area contributed by atoms with Crippen LogP contribution < -0.4 is 11.1 Å². The fourth-order valence-electron chi connectivity index (χ4n) is 0.966. The van der Waals surface area contributed by atoms with Gasteiger partial charge in [-0.05, 0) is 13.0 Å². The molecule has 1 amide bonds. The van der Waals surface area contributed by atoms with E-state index in [1.54, 1.807) is 0 Å². The Labute approximate surface area is 96.5 Å². The summed E-state index contributed by atoms with van der Waals surface area (Å²) in [6.45, 7) is 1.52. The number of anilines is 1. The second-order valence-electron chi connectivity index (χ2n) is 3.20. The highest BCUT2D eigenvalue weighted by Gasteiger charge is 2.13. The van der Waals surface area contributed by atoms with Crippen LogP contribution in [-0.2, 0) is 4.79 Å². The second kappa shape index (κ2) is 4.91. The molecule has 0 aromatic heterocycles. The number of carbonyl (C=O) groups excluding carboxylic acids is 1. The van der Waals surface area contributed by atoms with Gasteiger partial charge in [0.15, 0.2) is 0 Å². The fraction of sp³-hybridized carbons (Fsp3) is 0.222. The number of hydrogen-bond acceptors (Lipinski definition) is 4. The van der Waals surface area contributed by atoms with Crippen molar-refractivity contribution in [3.8, 4) is 0 Å². The van der Waals surface area contributed by atoms with Crippen LogP contribution >= 0.6 is 11.6 Å². The lowest BCUT2D eigenvalue weighted by molar-refractivity contribution is -0.384. The molecule has 0 heterocycles. The summed E-state index contributed by atoms with van der Waals surface area (Å²) in [6, 6.07) is 3.10. The molecule has 0 saturated heterocycles. The van der Waals surface area contributed by atoms with Crippen LogP contribution in [0.25, 0.3) is 0 Å². The topological polar surface area (TPSA) is 98.3 Å². The lowest BCUT2D eigenvalue weighted by Crippen LogP contribution is -2.32. The largest absolute Gasteiger partial charge is 0.323 e. The average Bonchev–Trinajstić information content (AvgIpc) is 2.20. The van der Waals surface area contributed by atoms with Gasteiger partial charge in [0, 0.05) is 12.1 Å². The molecule has 0 aliphatic heterocycles. The first kappa shape index (κ1) is 12.4. The van der Waals surface area contributed by atoms with Gasteiger partial charge in [-0.15, -0.1) is 0 Å². The zero-order valence-corrected chi connectivity index (χ0v) is 9.19. The third-order valence-electron chi connectivity index (χ3n) is 1.83. The van der Waals surface area contributed by atoms with E-state index in [0.717, 1.165) is 0 Å². The fourth-order valence-corrected chi connectivity index (χ4v) is 1.19. The SMILES string of the molecule is C[C@@H](N)C(=O)Nc1ccc([N+](=O)[O-])cc1Cl. The summed E-state index contributed by atoms with van der Waals surface area (Å²) in [5, 5.41) is 13.0. The summed E-state index contributed by atoms with van der Waals surface area (Å²) in [5.74, 6) is -0.407. The highest BCUT2D eigenvalue weighted by molar-refractivity contribution is 6.34. The molecular weight excluding hydrogens is 234 g/mol. The monoisotopic (exact) mass is 243 g/mol. The molecule has 16 heavy (non-hydrogen) atoms. The van der Waals surface area contributed by atoms with Gasteiger partial charge in [-0.2, -0.15) is 0 Å². The van der Waals surface area contributed by atoms with E-state index in [1.165, 1.54) is 25.1 Å². The lowest BCUT2D eigenvalue weighted by Gasteiger charge is -2.08. The highest BCUT2D eigenvalue weighted by Crippen LogP contribution is 2.26. The van der Waals surface area contributed by atoms with E-state index >= 15 is 0 Å². The van der Waals surface area contributed by atoms with Crippen molar-refractivity contribution in [2.45, 2.75) is 13.0 Å². The Balaban J connectivity index is 2.91. The van der Waals surface area contributed by atoms with E-state index in [2.05, 4.69) is 5.32 Å². The minimum absolute atomic E-state index is 0.100. The lowest BCUT2D eigenvalue weighted by atomic mass is 10.2. The molecule has 1 aromatic rings. The minimum atomic E-state index is -0.675. The Kier molecular flexibility index (Phi) is 3.81. The molecular formula is C9H10ClN3O3. The van der Waals surface area contributed by atoms with Crippen molar-refractivity contribution in [1.29, 1.82) is 0 Å². The summed E-state index contributed by atoms with van der Waals surface area (Å²) >= 11 is 5.76. The van der Waals surface area contributed by atoms with Gasteiger partial charge in [-0.1, -0.05) is 11.6 Å². The molecule has 0 aliphatic carbocycles. The summed E-state index contributed by atoms with van der Waals surface area (Å²) in [4.78, 5) is 21.1. The van der Waals surface area contributed by atoms with Crippen LogP contribution in [0.4, 0.5) is 11.4 Å². The van der Waals surface area contributed by atoms with Crippen molar-refractivity contribution in [3.05, 3.63) is 33.3 Å². The Hall–Kier alpha value is -1.66. The molecule has 1 rings (SSSR count). The third-order valence-corrected chi connectivity index (χ3v) is 2.15. The zero-order valence-electron chi connectivity index (χ0n) is 8.44. The number of nitro benzene ring substituents is 1. The molecule has 6 nitrogen and oxygen atoms in total. The Morgan fingerprint density at radius 3 is 2.69 bits per heavy atom. The molecule has 1 atom stereocenters. The number of benzene rings is 1. The first-order valence-corrected chi connectivity index (χ1v) is 4.80. The third kappa shape index (κ3) is 2.91. The van der Waals surface area contributed by atoms with E-state index < -0.39 is 16.9 Å². The number of carbonyl (C=O) groups is 1. The van der Waals surface area contributed by atoms with Gasteiger partial charge >= 0.3 is 0 Å². The number of rotatable bonds is 3. The summed E-state index contributed by atoms with van der Waals surface area (Å²) < 4.78 is 0. The van der Waals surface area contributed by atoms with Crippen LogP contribution in [0.15, 0.2) is 18.2 Å². The number of amides is 1. The van der Waals surface area contributed by atoms with Gasteiger partial charge in [0.25, 0.3) is 5.69 Å². The molecule has 1 aromatic carbocycles. The molecule has 0 radical (unpaired) electrons. The molecule has 0 unspecified atom stereocenters. The number of halogens is 1. The molecule has 0 saturated carbocycles. The first-order chi connectivity index (χ1) is 7.41. The predicted molar refractivity (Wildman–Crippen MR) is 60.4 cm³/mol. The summed E-state index contributed by atoms with van der Waals surface area (Å²) in [5.41, 5.74) is 5.51. The van der Waals surface area contributed by atoms with E-state index in [4.69, 9.17) is 17.3 Å². The smallest absolute Gasteiger partial charge is 0.271 e. The van der Waals surface area contributed by atoms with Gasteiger partial charge in [0.1, 0.15) is 0 Å². The molecule has 3 N–H and O–H groups in total. The van der Waals surface area contributed by atoms with Crippen LogP contribution in [0.3, 0.4) is 0 Å². The van der Waals surface area contributed by atoms with Gasteiger partial charge in [0.2, 0.25) is 5.91 Å². The number of nitro groups is 1. The molecule has 0 bridgehead atoms.